The number of amides is 1. The van der Waals surface area contributed by atoms with Gasteiger partial charge in [0.1, 0.15) is 6.54 Å². The predicted molar refractivity (Wildman–Crippen MR) is 93.3 cm³/mol. The van der Waals surface area contributed by atoms with Gasteiger partial charge in [-0.25, -0.2) is 9.48 Å². The van der Waals surface area contributed by atoms with Gasteiger partial charge in [0, 0.05) is 24.5 Å². The lowest BCUT2D eigenvalue weighted by Gasteiger charge is -2.17. The molecule has 3 rings (SSSR count). The minimum absolute atomic E-state index is 0.116. The number of nitrogens with one attached hydrogen (secondary N) is 1. The molecule has 25 heavy (non-hydrogen) atoms. The van der Waals surface area contributed by atoms with E-state index in [9.17, 15) is 9.59 Å². The van der Waals surface area contributed by atoms with E-state index in [-0.39, 0.29) is 24.2 Å². The molecule has 3 heterocycles. The fourth-order valence-electron chi connectivity index (χ4n) is 3.12. The Bertz CT molecular complexity index is 981. The standard InChI is InChI=1S/C17H22N6O2/c1-5-13(16-11(2)19-21(4)12(16)3)18-15(24)10-23-17(25)22-9-7-6-8-14(22)20-23/h6-9,13H,5,10H2,1-4H3,(H,18,24). The topological polar surface area (TPSA) is 86.2 Å². The first-order valence-corrected chi connectivity index (χ1v) is 8.26. The van der Waals surface area contributed by atoms with Gasteiger partial charge < -0.3 is 5.32 Å². The number of hydrogen-bond acceptors (Lipinski definition) is 4. The number of carbonyl (C=O) groups is 1. The highest BCUT2D eigenvalue weighted by Gasteiger charge is 2.21. The van der Waals surface area contributed by atoms with Crippen molar-refractivity contribution in [2.45, 2.75) is 39.8 Å². The van der Waals surface area contributed by atoms with Crippen molar-refractivity contribution in [3.05, 3.63) is 51.8 Å². The Morgan fingerprint density at radius 1 is 1.28 bits per heavy atom. The van der Waals surface area contributed by atoms with Crippen LogP contribution in [0.1, 0.15) is 36.3 Å². The lowest BCUT2D eigenvalue weighted by molar-refractivity contribution is -0.122. The number of aromatic nitrogens is 5. The van der Waals surface area contributed by atoms with Crippen LogP contribution in [0.2, 0.25) is 0 Å². The monoisotopic (exact) mass is 342 g/mol. The fraction of sp³-hybridized carbons (Fsp3) is 0.412. The molecule has 0 aliphatic heterocycles. The van der Waals surface area contributed by atoms with Crippen LogP contribution in [0.25, 0.3) is 5.65 Å². The van der Waals surface area contributed by atoms with Crippen LogP contribution in [0.15, 0.2) is 29.2 Å². The Hall–Kier alpha value is -2.90. The van der Waals surface area contributed by atoms with E-state index in [2.05, 4.69) is 15.5 Å². The molecular formula is C17H22N6O2. The SMILES string of the molecule is CCC(NC(=O)Cn1nc2ccccn2c1=O)c1c(C)nn(C)c1C. The van der Waals surface area contributed by atoms with Gasteiger partial charge in [0.15, 0.2) is 5.65 Å². The van der Waals surface area contributed by atoms with Crippen LogP contribution in [0.3, 0.4) is 0 Å². The third-order valence-electron chi connectivity index (χ3n) is 4.44. The highest BCUT2D eigenvalue weighted by Crippen LogP contribution is 2.23. The Labute approximate surface area is 145 Å². The van der Waals surface area contributed by atoms with Crippen LogP contribution in [-0.2, 0) is 18.4 Å². The Balaban J connectivity index is 1.80. The Morgan fingerprint density at radius 3 is 2.64 bits per heavy atom. The summed E-state index contributed by atoms with van der Waals surface area (Å²) in [5, 5.41) is 11.6. The number of aryl methyl sites for hydroxylation is 2. The largest absolute Gasteiger partial charge is 0.350 e. The molecule has 0 aliphatic carbocycles. The third-order valence-corrected chi connectivity index (χ3v) is 4.44. The molecule has 1 amide bonds. The first-order valence-electron chi connectivity index (χ1n) is 8.26. The molecule has 0 bridgehead atoms. The van der Waals surface area contributed by atoms with Crippen molar-refractivity contribution in [1.29, 1.82) is 0 Å². The highest BCUT2D eigenvalue weighted by atomic mass is 16.2. The zero-order valence-corrected chi connectivity index (χ0v) is 14.9. The average molecular weight is 342 g/mol. The predicted octanol–water partition coefficient (Wildman–Crippen LogP) is 1.11. The van der Waals surface area contributed by atoms with Crippen LogP contribution in [0.4, 0.5) is 0 Å². The van der Waals surface area contributed by atoms with Crippen LogP contribution in [0.5, 0.6) is 0 Å². The van der Waals surface area contributed by atoms with Crippen molar-refractivity contribution in [2.75, 3.05) is 0 Å². The number of carbonyl (C=O) groups excluding carboxylic acids is 1. The summed E-state index contributed by atoms with van der Waals surface area (Å²) in [6, 6.07) is 5.14. The highest BCUT2D eigenvalue weighted by molar-refractivity contribution is 5.76. The van der Waals surface area contributed by atoms with Crippen molar-refractivity contribution in [3.63, 3.8) is 0 Å². The molecule has 1 unspecified atom stereocenters. The third kappa shape index (κ3) is 3.07. The second-order valence-corrected chi connectivity index (χ2v) is 6.11. The summed E-state index contributed by atoms with van der Waals surface area (Å²) in [5.41, 5.74) is 3.14. The molecule has 8 heteroatoms. The maximum Gasteiger partial charge on any atom is 0.350 e. The van der Waals surface area contributed by atoms with Crippen LogP contribution in [0, 0.1) is 13.8 Å². The molecule has 0 saturated carbocycles. The zero-order chi connectivity index (χ0) is 18.1. The summed E-state index contributed by atoms with van der Waals surface area (Å²) in [6.45, 7) is 5.81. The van der Waals surface area contributed by atoms with Gasteiger partial charge in [-0.3, -0.25) is 13.9 Å². The van der Waals surface area contributed by atoms with Gasteiger partial charge in [-0.05, 0) is 32.4 Å². The molecular weight excluding hydrogens is 320 g/mol. The van der Waals surface area contributed by atoms with E-state index in [0.29, 0.717) is 5.65 Å². The lowest BCUT2D eigenvalue weighted by Crippen LogP contribution is -2.35. The quantitative estimate of drug-likeness (QED) is 0.753. The van der Waals surface area contributed by atoms with Crippen molar-refractivity contribution < 1.29 is 4.79 Å². The summed E-state index contributed by atoms with van der Waals surface area (Å²) >= 11 is 0. The molecule has 0 spiro atoms. The number of pyridine rings is 1. The van der Waals surface area contributed by atoms with Gasteiger partial charge in [0.25, 0.3) is 0 Å². The van der Waals surface area contributed by atoms with Gasteiger partial charge in [-0.15, -0.1) is 5.10 Å². The second kappa shape index (κ2) is 6.54. The van der Waals surface area contributed by atoms with Gasteiger partial charge in [0.05, 0.1) is 11.7 Å². The Kier molecular flexibility index (Phi) is 4.43. The van der Waals surface area contributed by atoms with E-state index < -0.39 is 0 Å². The first kappa shape index (κ1) is 16.9. The molecule has 8 nitrogen and oxygen atoms in total. The van der Waals surface area contributed by atoms with Crippen molar-refractivity contribution in [3.8, 4) is 0 Å². The van der Waals surface area contributed by atoms with Crippen LogP contribution >= 0.6 is 0 Å². The summed E-state index contributed by atoms with van der Waals surface area (Å²) in [7, 11) is 1.89. The number of fused-ring (bicyclic) bond motifs is 1. The second-order valence-electron chi connectivity index (χ2n) is 6.11. The van der Waals surface area contributed by atoms with E-state index in [1.54, 1.807) is 24.4 Å². The average Bonchev–Trinajstić information content (AvgIpc) is 3.02. The van der Waals surface area contributed by atoms with Crippen molar-refractivity contribution in [2.24, 2.45) is 7.05 Å². The summed E-state index contributed by atoms with van der Waals surface area (Å²) in [5.74, 6) is -0.250. The summed E-state index contributed by atoms with van der Waals surface area (Å²) in [4.78, 5) is 24.7. The minimum Gasteiger partial charge on any atom is -0.348 e. The van der Waals surface area contributed by atoms with Crippen molar-refractivity contribution in [1.82, 2.24) is 29.3 Å². The molecule has 1 atom stereocenters. The molecule has 3 aromatic heterocycles. The van der Waals surface area contributed by atoms with Crippen molar-refractivity contribution >= 4 is 11.6 Å². The van der Waals surface area contributed by atoms with Gasteiger partial charge in [-0.1, -0.05) is 13.0 Å². The number of hydrogen-bond donors (Lipinski definition) is 1. The zero-order valence-electron chi connectivity index (χ0n) is 14.9. The Morgan fingerprint density at radius 2 is 2.04 bits per heavy atom. The summed E-state index contributed by atoms with van der Waals surface area (Å²) in [6.07, 6.45) is 2.37. The van der Waals surface area contributed by atoms with Crippen LogP contribution < -0.4 is 11.0 Å². The van der Waals surface area contributed by atoms with E-state index in [1.807, 2.05) is 32.5 Å². The van der Waals surface area contributed by atoms with E-state index in [1.165, 1.54) is 9.08 Å². The normalized spacial score (nSPS) is 12.5. The van der Waals surface area contributed by atoms with Gasteiger partial charge >= 0.3 is 5.69 Å². The van der Waals surface area contributed by atoms with E-state index in [0.717, 1.165) is 23.4 Å². The molecule has 0 aliphatic rings. The molecule has 1 N–H and O–H groups in total. The van der Waals surface area contributed by atoms with Gasteiger partial charge in [-0.2, -0.15) is 5.10 Å². The van der Waals surface area contributed by atoms with E-state index >= 15 is 0 Å². The first-order chi connectivity index (χ1) is 11.9. The molecule has 0 saturated heterocycles. The number of nitrogens with zero attached hydrogens (tertiary/aromatic N) is 5. The molecule has 0 fully saturated rings. The van der Waals surface area contributed by atoms with E-state index in [4.69, 9.17) is 0 Å². The maximum atomic E-state index is 12.5. The molecule has 0 radical (unpaired) electrons. The lowest BCUT2D eigenvalue weighted by atomic mass is 10.0. The van der Waals surface area contributed by atoms with Crippen LogP contribution in [-0.4, -0.2) is 29.9 Å². The molecule has 3 aromatic rings. The number of rotatable bonds is 5. The fourth-order valence-corrected chi connectivity index (χ4v) is 3.12. The summed E-state index contributed by atoms with van der Waals surface area (Å²) < 4.78 is 4.41. The smallest absolute Gasteiger partial charge is 0.348 e. The maximum absolute atomic E-state index is 12.5. The minimum atomic E-state index is -0.326. The van der Waals surface area contributed by atoms with Gasteiger partial charge in [0.2, 0.25) is 5.91 Å². The molecule has 0 aromatic carbocycles. The molecule has 132 valence electrons.